The summed E-state index contributed by atoms with van der Waals surface area (Å²) in [5.41, 5.74) is 2.28. The molecule has 1 unspecified atom stereocenters. The molecule has 0 spiro atoms. The number of rotatable bonds is 1. The molecule has 15 heavy (non-hydrogen) atoms. The summed E-state index contributed by atoms with van der Waals surface area (Å²) in [6, 6.07) is 14.1. The van der Waals surface area contributed by atoms with Gasteiger partial charge in [-0.05, 0) is 23.8 Å². The molecule has 0 N–H and O–H groups in total. The van der Waals surface area contributed by atoms with Crippen molar-refractivity contribution in [2.24, 2.45) is 0 Å². The average molecular weight is 197 g/mol. The quantitative estimate of drug-likeness (QED) is 0.701. The highest BCUT2D eigenvalue weighted by molar-refractivity contribution is 5.38. The largest absolute Gasteiger partial charge is 0.483 e. The number of ether oxygens (including phenoxy) is 1. The summed E-state index contributed by atoms with van der Waals surface area (Å²) in [7, 11) is 0. The van der Waals surface area contributed by atoms with E-state index in [1.807, 2.05) is 42.6 Å². The summed E-state index contributed by atoms with van der Waals surface area (Å²) < 4.78 is 5.83. The molecule has 0 fully saturated rings. The van der Waals surface area contributed by atoms with Crippen LogP contribution >= 0.6 is 0 Å². The van der Waals surface area contributed by atoms with Crippen LogP contribution in [-0.4, -0.2) is 4.98 Å². The summed E-state index contributed by atoms with van der Waals surface area (Å²) in [6.45, 7) is 0. The van der Waals surface area contributed by atoms with E-state index in [-0.39, 0.29) is 6.10 Å². The van der Waals surface area contributed by atoms with E-state index < -0.39 is 0 Å². The van der Waals surface area contributed by atoms with Crippen LogP contribution in [0.3, 0.4) is 0 Å². The fourth-order valence-electron chi connectivity index (χ4n) is 1.91. The standard InChI is InChI=1S/C13H11NO/c1-2-7-12-10(5-1)9-13(15-12)11-6-3-4-8-14-11/h1-8,13H,9H2. The third-order valence-electron chi connectivity index (χ3n) is 2.66. The molecule has 2 nitrogen and oxygen atoms in total. The van der Waals surface area contributed by atoms with E-state index in [1.54, 1.807) is 0 Å². The number of fused-ring (bicyclic) bond motifs is 1. The Morgan fingerprint density at radius 3 is 2.73 bits per heavy atom. The van der Waals surface area contributed by atoms with Gasteiger partial charge in [0.15, 0.2) is 0 Å². The number of hydrogen-bond acceptors (Lipinski definition) is 2. The molecule has 1 atom stereocenters. The first kappa shape index (κ1) is 8.48. The van der Waals surface area contributed by atoms with Crippen molar-refractivity contribution >= 4 is 0 Å². The molecular weight excluding hydrogens is 186 g/mol. The molecule has 0 saturated carbocycles. The van der Waals surface area contributed by atoms with E-state index in [0.29, 0.717) is 0 Å². The Hall–Kier alpha value is -1.83. The molecule has 1 aromatic carbocycles. The molecule has 1 aliphatic heterocycles. The van der Waals surface area contributed by atoms with Gasteiger partial charge in [0, 0.05) is 12.6 Å². The minimum Gasteiger partial charge on any atom is -0.483 e. The molecule has 3 rings (SSSR count). The summed E-state index contributed by atoms with van der Waals surface area (Å²) in [4.78, 5) is 4.32. The summed E-state index contributed by atoms with van der Waals surface area (Å²) >= 11 is 0. The highest BCUT2D eigenvalue weighted by Gasteiger charge is 2.24. The van der Waals surface area contributed by atoms with Gasteiger partial charge in [0.1, 0.15) is 11.9 Å². The predicted octanol–water partition coefficient (Wildman–Crippen LogP) is 2.76. The number of pyridine rings is 1. The van der Waals surface area contributed by atoms with Gasteiger partial charge in [-0.25, -0.2) is 0 Å². The van der Waals surface area contributed by atoms with Crippen LogP contribution in [-0.2, 0) is 6.42 Å². The van der Waals surface area contributed by atoms with Crippen LogP contribution in [0.1, 0.15) is 17.4 Å². The van der Waals surface area contributed by atoms with Gasteiger partial charge >= 0.3 is 0 Å². The van der Waals surface area contributed by atoms with Crippen molar-refractivity contribution < 1.29 is 4.74 Å². The van der Waals surface area contributed by atoms with Crippen LogP contribution in [0, 0.1) is 0 Å². The van der Waals surface area contributed by atoms with Gasteiger partial charge in [-0.15, -0.1) is 0 Å². The first-order valence-electron chi connectivity index (χ1n) is 5.09. The van der Waals surface area contributed by atoms with Gasteiger partial charge < -0.3 is 4.74 Å². The lowest BCUT2D eigenvalue weighted by Gasteiger charge is -2.08. The average Bonchev–Trinajstić information content (AvgIpc) is 2.74. The highest BCUT2D eigenvalue weighted by atomic mass is 16.5. The molecule has 0 amide bonds. The van der Waals surface area contributed by atoms with E-state index in [1.165, 1.54) is 5.56 Å². The number of benzene rings is 1. The molecule has 1 aromatic heterocycles. The number of aromatic nitrogens is 1. The fraction of sp³-hybridized carbons (Fsp3) is 0.154. The first-order valence-corrected chi connectivity index (χ1v) is 5.09. The Morgan fingerprint density at radius 2 is 1.93 bits per heavy atom. The third-order valence-corrected chi connectivity index (χ3v) is 2.66. The van der Waals surface area contributed by atoms with Crippen molar-refractivity contribution in [1.82, 2.24) is 4.98 Å². The molecule has 1 aliphatic rings. The van der Waals surface area contributed by atoms with Crippen LogP contribution in [0.5, 0.6) is 5.75 Å². The Kier molecular flexibility index (Phi) is 1.91. The molecule has 0 saturated heterocycles. The number of hydrogen-bond donors (Lipinski definition) is 0. The van der Waals surface area contributed by atoms with Crippen molar-refractivity contribution in [2.75, 3.05) is 0 Å². The Labute approximate surface area is 88.5 Å². The van der Waals surface area contributed by atoms with Gasteiger partial charge in [0.05, 0.1) is 5.69 Å². The highest BCUT2D eigenvalue weighted by Crippen LogP contribution is 2.35. The monoisotopic (exact) mass is 197 g/mol. The maximum absolute atomic E-state index is 5.83. The predicted molar refractivity (Wildman–Crippen MR) is 57.8 cm³/mol. The van der Waals surface area contributed by atoms with E-state index in [0.717, 1.165) is 17.9 Å². The zero-order valence-electron chi connectivity index (χ0n) is 8.26. The van der Waals surface area contributed by atoms with Crippen LogP contribution in [0.15, 0.2) is 48.7 Å². The maximum atomic E-state index is 5.83. The number of para-hydroxylation sites is 1. The van der Waals surface area contributed by atoms with Crippen molar-refractivity contribution in [3.63, 3.8) is 0 Å². The van der Waals surface area contributed by atoms with E-state index in [2.05, 4.69) is 11.1 Å². The third kappa shape index (κ3) is 1.48. The van der Waals surface area contributed by atoms with Crippen molar-refractivity contribution in [1.29, 1.82) is 0 Å². The Balaban J connectivity index is 1.91. The van der Waals surface area contributed by atoms with Gasteiger partial charge in [-0.1, -0.05) is 24.3 Å². The minimum atomic E-state index is 0.0867. The van der Waals surface area contributed by atoms with Crippen LogP contribution in [0.25, 0.3) is 0 Å². The van der Waals surface area contributed by atoms with E-state index in [9.17, 15) is 0 Å². The molecule has 0 radical (unpaired) electrons. The second-order valence-electron chi connectivity index (χ2n) is 3.67. The molecule has 74 valence electrons. The normalized spacial score (nSPS) is 18.3. The van der Waals surface area contributed by atoms with Gasteiger partial charge in [-0.2, -0.15) is 0 Å². The molecular formula is C13H11NO. The van der Waals surface area contributed by atoms with Gasteiger partial charge in [-0.3, -0.25) is 4.98 Å². The summed E-state index contributed by atoms with van der Waals surface area (Å²) in [5.74, 6) is 0.994. The smallest absolute Gasteiger partial charge is 0.145 e. The second-order valence-corrected chi connectivity index (χ2v) is 3.67. The SMILES string of the molecule is c1ccc(C2Cc3ccccc3O2)nc1. The van der Waals surface area contributed by atoms with Crippen molar-refractivity contribution in [3.05, 3.63) is 59.9 Å². The Morgan fingerprint density at radius 1 is 1.07 bits per heavy atom. The summed E-state index contributed by atoms with van der Waals surface area (Å²) in [6.07, 6.45) is 2.82. The van der Waals surface area contributed by atoms with Crippen LogP contribution in [0.4, 0.5) is 0 Å². The lowest BCUT2D eigenvalue weighted by molar-refractivity contribution is 0.233. The molecule has 2 aromatic rings. The number of nitrogens with zero attached hydrogens (tertiary/aromatic N) is 1. The van der Waals surface area contributed by atoms with E-state index >= 15 is 0 Å². The molecule has 2 heterocycles. The fourth-order valence-corrected chi connectivity index (χ4v) is 1.91. The summed E-state index contributed by atoms with van der Waals surface area (Å²) in [5, 5.41) is 0. The minimum absolute atomic E-state index is 0.0867. The van der Waals surface area contributed by atoms with Gasteiger partial charge in [0.25, 0.3) is 0 Å². The second kappa shape index (κ2) is 3.39. The lowest BCUT2D eigenvalue weighted by atomic mass is 10.1. The molecule has 2 heteroatoms. The van der Waals surface area contributed by atoms with E-state index in [4.69, 9.17) is 4.74 Å². The maximum Gasteiger partial charge on any atom is 0.145 e. The van der Waals surface area contributed by atoms with Crippen molar-refractivity contribution in [3.8, 4) is 5.75 Å². The zero-order chi connectivity index (χ0) is 10.1. The van der Waals surface area contributed by atoms with Crippen molar-refractivity contribution in [2.45, 2.75) is 12.5 Å². The van der Waals surface area contributed by atoms with Crippen LogP contribution in [0.2, 0.25) is 0 Å². The Bertz CT molecular complexity index is 442. The molecule has 0 aliphatic carbocycles. The molecule has 0 bridgehead atoms. The lowest BCUT2D eigenvalue weighted by Crippen LogP contribution is -2.04. The first-order chi connectivity index (χ1) is 7.43. The zero-order valence-corrected chi connectivity index (χ0v) is 8.26. The van der Waals surface area contributed by atoms with Crippen LogP contribution < -0.4 is 4.74 Å². The topological polar surface area (TPSA) is 22.1 Å². The van der Waals surface area contributed by atoms with Gasteiger partial charge in [0.2, 0.25) is 0 Å².